The molecule has 0 fully saturated rings. The number of carboxylic acids is 1. The summed E-state index contributed by atoms with van der Waals surface area (Å²) in [5, 5.41) is 18.9. The molecule has 1 aromatic heterocycles. The number of hydrogen-bond donors (Lipinski definition) is 1. The third-order valence-corrected chi connectivity index (χ3v) is 5.13. The third-order valence-electron chi connectivity index (χ3n) is 4.51. The molecular weight excluding hydrogens is 442 g/mol. The highest BCUT2D eigenvalue weighted by Gasteiger charge is 2.26. The van der Waals surface area contributed by atoms with Gasteiger partial charge < -0.3 is 24.7 Å². The minimum atomic E-state index is -1.29. The van der Waals surface area contributed by atoms with Crippen LogP contribution in [-0.2, 0) is 24.1 Å². The monoisotopic (exact) mass is 464 g/mol. The van der Waals surface area contributed by atoms with E-state index in [9.17, 15) is 14.7 Å². The summed E-state index contributed by atoms with van der Waals surface area (Å²) in [5.74, 6) is -0.569. The molecule has 1 aliphatic rings. The second-order valence-electron chi connectivity index (χ2n) is 7.76. The van der Waals surface area contributed by atoms with Crippen LogP contribution in [0.25, 0.3) is 11.3 Å². The van der Waals surface area contributed by atoms with E-state index in [0.717, 1.165) is 15.6 Å². The number of alkyl carbamates (subject to hydrolysis) is 1. The first-order chi connectivity index (χ1) is 13.6. The Labute approximate surface area is 177 Å². The van der Waals surface area contributed by atoms with Crippen LogP contribution in [0.3, 0.4) is 0 Å². The van der Waals surface area contributed by atoms with Crippen LogP contribution in [0.15, 0.2) is 16.6 Å². The van der Waals surface area contributed by atoms with Crippen molar-refractivity contribution in [1.82, 2.24) is 15.1 Å². The Morgan fingerprint density at radius 3 is 2.66 bits per heavy atom. The van der Waals surface area contributed by atoms with E-state index in [4.69, 9.17) is 9.47 Å². The first-order valence-corrected chi connectivity index (χ1v) is 10.0. The molecule has 1 N–H and O–H groups in total. The number of rotatable bonds is 5. The highest BCUT2D eigenvalue weighted by Crippen LogP contribution is 2.39. The largest absolute Gasteiger partial charge is 0.543 e. The van der Waals surface area contributed by atoms with Gasteiger partial charge in [0.05, 0.1) is 35.5 Å². The number of hydrogen-bond acceptors (Lipinski definition) is 6. The van der Waals surface area contributed by atoms with Crippen LogP contribution >= 0.6 is 15.9 Å². The van der Waals surface area contributed by atoms with Crippen molar-refractivity contribution in [3.8, 4) is 17.0 Å². The zero-order valence-electron chi connectivity index (χ0n) is 16.8. The van der Waals surface area contributed by atoms with Gasteiger partial charge in [-0.15, -0.1) is 0 Å². The van der Waals surface area contributed by atoms with Gasteiger partial charge in [0.15, 0.2) is 0 Å². The fourth-order valence-electron chi connectivity index (χ4n) is 3.36. The summed E-state index contributed by atoms with van der Waals surface area (Å²) in [6.07, 6.45) is 0.648. The highest BCUT2D eigenvalue weighted by atomic mass is 79.9. The maximum Gasteiger partial charge on any atom is 0.407 e. The first-order valence-electron chi connectivity index (χ1n) is 9.25. The topological polar surface area (TPSA) is 106 Å². The molecule has 0 bridgehead atoms. The number of aryl methyl sites for hydroxylation is 1. The lowest BCUT2D eigenvalue weighted by atomic mass is 9.89. The number of fused-ring (bicyclic) bond motifs is 3. The van der Waals surface area contributed by atoms with E-state index < -0.39 is 17.7 Å². The van der Waals surface area contributed by atoms with Gasteiger partial charge in [-0.2, -0.15) is 5.10 Å². The maximum atomic E-state index is 11.8. The number of halogens is 1. The van der Waals surface area contributed by atoms with E-state index >= 15 is 0 Å². The molecule has 156 valence electrons. The number of carbonyl (C=O) groups excluding carboxylic acids is 2. The minimum absolute atomic E-state index is 0.0450. The molecule has 0 saturated carbocycles. The second-order valence-corrected chi connectivity index (χ2v) is 8.61. The van der Waals surface area contributed by atoms with Crippen LogP contribution in [0.4, 0.5) is 4.79 Å². The second kappa shape index (κ2) is 8.06. The lowest BCUT2D eigenvalue weighted by Crippen LogP contribution is -2.35. The van der Waals surface area contributed by atoms with E-state index in [-0.39, 0.29) is 18.8 Å². The standard InChI is InChI=1S/C20H24BrN3O5/c1-20(2,3)29-19(27)22-7-8-24-17(18(25)26)12-6-5-11-9-15(28-4)14(21)10-13(11)16(12)23-24/h9-10H,5-8H2,1-4H3,(H,22,27)(H,25,26)/p-1. The molecule has 0 spiro atoms. The number of methoxy groups -OCH3 is 1. The summed E-state index contributed by atoms with van der Waals surface area (Å²) in [5.41, 5.74) is 2.60. The molecule has 8 nitrogen and oxygen atoms in total. The van der Waals surface area contributed by atoms with Gasteiger partial charge in [-0.1, -0.05) is 0 Å². The number of aromatic carboxylic acids is 1. The molecule has 0 saturated heterocycles. The Morgan fingerprint density at radius 1 is 1.31 bits per heavy atom. The quantitative estimate of drug-likeness (QED) is 0.727. The number of carbonyl (C=O) groups is 2. The van der Waals surface area contributed by atoms with Gasteiger partial charge >= 0.3 is 6.09 Å². The van der Waals surface area contributed by atoms with Crippen LogP contribution in [0.2, 0.25) is 0 Å². The van der Waals surface area contributed by atoms with Crippen molar-refractivity contribution in [2.45, 2.75) is 45.8 Å². The van der Waals surface area contributed by atoms with Crippen LogP contribution in [0, 0.1) is 0 Å². The summed E-state index contributed by atoms with van der Waals surface area (Å²) in [6.45, 7) is 5.67. The Bertz CT molecular complexity index is 962. The molecule has 9 heteroatoms. The smallest absolute Gasteiger partial charge is 0.407 e. The molecule has 1 aromatic carbocycles. The number of nitrogens with zero attached hydrogens (tertiary/aromatic N) is 2. The van der Waals surface area contributed by atoms with Gasteiger partial charge in [0.25, 0.3) is 0 Å². The molecule has 1 amide bonds. The van der Waals surface area contributed by atoms with E-state index in [0.29, 0.717) is 29.8 Å². The van der Waals surface area contributed by atoms with Crippen LogP contribution in [-0.4, -0.2) is 41.1 Å². The molecule has 0 aliphatic heterocycles. The predicted octanol–water partition coefficient (Wildman–Crippen LogP) is 2.31. The van der Waals surface area contributed by atoms with Crippen molar-refractivity contribution in [2.24, 2.45) is 0 Å². The zero-order chi connectivity index (χ0) is 21.3. The van der Waals surface area contributed by atoms with Crippen LogP contribution in [0.5, 0.6) is 5.75 Å². The van der Waals surface area contributed by atoms with Gasteiger partial charge in [-0.3, -0.25) is 4.68 Å². The minimum Gasteiger partial charge on any atom is -0.543 e. The van der Waals surface area contributed by atoms with E-state index in [1.807, 2.05) is 12.1 Å². The predicted molar refractivity (Wildman–Crippen MR) is 108 cm³/mol. The Kier molecular flexibility index (Phi) is 5.88. The van der Waals surface area contributed by atoms with Crippen molar-refractivity contribution in [3.63, 3.8) is 0 Å². The van der Waals surface area contributed by atoms with E-state index in [2.05, 4.69) is 26.3 Å². The summed E-state index contributed by atoms with van der Waals surface area (Å²) in [4.78, 5) is 23.6. The Hall–Kier alpha value is -2.55. The van der Waals surface area contributed by atoms with E-state index in [1.54, 1.807) is 27.9 Å². The lowest BCUT2D eigenvalue weighted by Gasteiger charge is -2.19. The summed E-state index contributed by atoms with van der Waals surface area (Å²) >= 11 is 3.47. The number of carboxylic acid groups (broad SMARTS) is 1. The third kappa shape index (κ3) is 4.55. The summed E-state index contributed by atoms with van der Waals surface area (Å²) in [7, 11) is 1.60. The van der Waals surface area contributed by atoms with Crippen molar-refractivity contribution in [2.75, 3.05) is 13.7 Å². The Morgan fingerprint density at radius 2 is 2.03 bits per heavy atom. The zero-order valence-corrected chi connectivity index (χ0v) is 18.4. The normalized spacial score (nSPS) is 12.7. The molecule has 1 heterocycles. The highest BCUT2D eigenvalue weighted by molar-refractivity contribution is 9.10. The molecule has 3 rings (SSSR count). The van der Waals surface area contributed by atoms with Crippen LogP contribution < -0.4 is 15.2 Å². The van der Waals surface area contributed by atoms with Crippen molar-refractivity contribution >= 4 is 28.0 Å². The molecule has 0 unspecified atom stereocenters. The molecule has 2 aromatic rings. The fourth-order valence-corrected chi connectivity index (χ4v) is 3.86. The number of nitrogens with one attached hydrogen (secondary N) is 1. The van der Waals surface area contributed by atoms with E-state index in [1.165, 1.54) is 4.68 Å². The van der Waals surface area contributed by atoms with Crippen molar-refractivity contribution in [3.05, 3.63) is 33.4 Å². The maximum absolute atomic E-state index is 11.8. The van der Waals surface area contributed by atoms with Gasteiger partial charge in [0.1, 0.15) is 11.4 Å². The number of ether oxygens (including phenoxy) is 2. The Balaban J connectivity index is 1.87. The van der Waals surface area contributed by atoms with Gasteiger partial charge in [0.2, 0.25) is 0 Å². The molecule has 0 radical (unpaired) electrons. The van der Waals surface area contributed by atoms with Gasteiger partial charge in [0, 0.05) is 17.7 Å². The average molecular weight is 465 g/mol. The molecule has 29 heavy (non-hydrogen) atoms. The summed E-state index contributed by atoms with van der Waals surface area (Å²) < 4.78 is 12.7. The lowest BCUT2D eigenvalue weighted by molar-refractivity contribution is -0.255. The fraction of sp³-hybridized carbons (Fsp3) is 0.450. The van der Waals surface area contributed by atoms with Gasteiger partial charge in [-0.25, -0.2) is 4.79 Å². The van der Waals surface area contributed by atoms with Crippen LogP contribution in [0.1, 0.15) is 42.4 Å². The first kappa shape index (κ1) is 21.2. The number of amides is 1. The van der Waals surface area contributed by atoms with Crippen molar-refractivity contribution in [1.29, 1.82) is 0 Å². The van der Waals surface area contributed by atoms with Gasteiger partial charge in [-0.05, 0) is 67.2 Å². The average Bonchev–Trinajstić information content (AvgIpc) is 2.98. The number of aromatic nitrogens is 2. The summed E-state index contributed by atoms with van der Waals surface area (Å²) in [6, 6.07) is 3.83. The molecule has 0 atom stereocenters. The molecule has 1 aliphatic carbocycles. The van der Waals surface area contributed by atoms with Crippen molar-refractivity contribution < 1.29 is 24.2 Å². The SMILES string of the molecule is COc1cc2c(cc1Br)-c1nn(CCNC(=O)OC(C)(C)C)c(C(=O)[O-])c1CC2. The molecular formula is C20H23BrN3O5-. The number of benzene rings is 1.